The molecule has 0 unspecified atom stereocenters. The van der Waals surface area contributed by atoms with E-state index in [9.17, 15) is 9.59 Å². The summed E-state index contributed by atoms with van der Waals surface area (Å²) in [6, 6.07) is 0. The quantitative estimate of drug-likeness (QED) is 0.591. The Morgan fingerprint density at radius 3 is 2.39 bits per heavy atom. The summed E-state index contributed by atoms with van der Waals surface area (Å²) >= 11 is 0. The lowest BCUT2D eigenvalue weighted by molar-refractivity contribution is -0.132. The van der Waals surface area contributed by atoms with Gasteiger partial charge in [0.15, 0.2) is 0 Å². The zero-order valence-corrected chi connectivity index (χ0v) is 11.4. The molecule has 2 N–H and O–H groups in total. The number of hydrogen-bond acceptors (Lipinski definition) is 4. The lowest BCUT2D eigenvalue weighted by Crippen LogP contribution is -2.52. The van der Waals surface area contributed by atoms with E-state index in [2.05, 4.69) is 22.5 Å². The van der Waals surface area contributed by atoms with Crippen molar-refractivity contribution in [2.24, 2.45) is 0 Å². The van der Waals surface area contributed by atoms with E-state index in [0.29, 0.717) is 26.2 Å². The number of carbonyl (C=O) groups is 2. The van der Waals surface area contributed by atoms with E-state index < -0.39 is 0 Å². The van der Waals surface area contributed by atoms with Crippen LogP contribution in [0.2, 0.25) is 0 Å². The molecule has 1 aliphatic heterocycles. The molecule has 1 heterocycles. The molecular weight excluding hydrogens is 232 g/mol. The van der Waals surface area contributed by atoms with Gasteiger partial charge in [0.25, 0.3) is 0 Å². The van der Waals surface area contributed by atoms with E-state index in [1.807, 2.05) is 4.90 Å². The Bertz CT molecular complexity index is 275. The molecule has 1 saturated heterocycles. The van der Waals surface area contributed by atoms with Gasteiger partial charge in [-0.2, -0.15) is 0 Å². The van der Waals surface area contributed by atoms with Gasteiger partial charge in [0, 0.05) is 33.2 Å². The first-order chi connectivity index (χ1) is 8.67. The standard InChI is InChI=1S/C12H24N4O2/c1-3-4-14-9-12(18)16-7-5-15(6-8-16)10-11(17)13-2/h14H,3-10H2,1-2H3,(H,13,17). The van der Waals surface area contributed by atoms with Gasteiger partial charge in [-0.1, -0.05) is 6.92 Å². The molecule has 0 bridgehead atoms. The molecule has 0 spiro atoms. The third-order valence-corrected chi connectivity index (χ3v) is 3.07. The largest absolute Gasteiger partial charge is 0.358 e. The summed E-state index contributed by atoms with van der Waals surface area (Å²) in [5.41, 5.74) is 0. The molecule has 0 radical (unpaired) electrons. The topological polar surface area (TPSA) is 64.7 Å². The monoisotopic (exact) mass is 256 g/mol. The van der Waals surface area contributed by atoms with Gasteiger partial charge in [0.1, 0.15) is 0 Å². The molecule has 18 heavy (non-hydrogen) atoms. The highest BCUT2D eigenvalue weighted by atomic mass is 16.2. The van der Waals surface area contributed by atoms with Crippen LogP contribution in [0.5, 0.6) is 0 Å². The van der Waals surface area contributed by atoms with Crippen LogP contribution >= 0.6 is 0 Å². The lowest BCUT2D eigenvalue weighted by Gasteiger charge is -2.34. The fourth-order valence-corrected chi connectivity index (χ4v) is 1.92. The minimum absolute atomic E-state index is 0.0272. The van der Waals surface area contributed by atoms with Crippen molar-refractivity contribution >= 4 is 11.8 Å². The molecular formula is C12H24N4O2. The van der Waals surface area contributed by atoms with E-state index in [1.165, 1.54) is 0 Å². The number of hydrogen-bond donors (Lipinski definition) is 2. The first-order valence-electron chi connectivity index (χ1n) is 6.58. The second-order valence-electron chi connectivity index (χ2n) is 4.51. The highest BCUT2D eigenvalue weighted by molar-refractivity contribution is 5.79. The molecule has 0 aromatic rings. The van der Waals surface area contributed by atoms with E-state index in [4.69, 9.17) is 0 Å². The van der Waals surface area contributed by atoms with Crippen LogP contribution in [0, 0.1) is 0 Å². The van der Waals surface area contributed by atoms with Crippen molar-refractivity contribution in [3.05, 3.63) is 0 Å². The normalized spacial score (nSPS) is 16.7. The molecule has 6 heteroatoms. The Labute approximate surface area is 109 Å². The molecule has 0 aromatic heterocycles. The number of piperazine rings is 1. The zero-order valence-electron chi connectivity index (χ0n) is 11.4. The van der Waals surface area contributed by atoms with E-state index in [-0.39, 0.29) is 11.8 Å². The van der Waals surface area contributed by atoms with E-state index in [0.717, 1.165) is 26.1 Å². The summed E-state index contributed by atoms with van der Waals surface area (Å²) in [5.74, 6) is 0.183. The first-order valence-corrected chi connectivity index (χ1v) is 6.58. The van der Waals surface area contributed by atoms with Crippen LogP contribution in [0.15, 0.2) is 0 Å². The highest BCUT2D eigenvalue weighted by Crippen LogP contribution is 2.01. The summed E-state index contributed by atoms with van der Waals surface area (Å²) in [4.78, 5) is 27.0. The molecule has 1 aliphatic rings. The van der Waals surface area contributed by atoms with Crippen molar-refractivity contribution in [2.75, 3.05) is 52.9 Å². The number of nitrogens with zero attached hydrogens (tertiary/aromatic N) is 2. The Kier molecular flexibility index (Phi) is 6.67. The molecule has 0 atom stereocenters. The predicted octanol–water partition coefficient (Wildman–Crippen LogP) is -1.12. The fraction of sp³-hybridized carbons (Fsp3) is 0.833. The Morgan fingerprint density at radius 1 is 1.17 bits per heavy atom. The third kappa shape index (κ3) is 5.01. The van der Waals surface area contributed by atoms with Gasteiger partial charge in [0.05, 0.1) is 13.1 Å². The van der Waals surface area contributed by atoms with Crippen molar-refractivity contribution in [1.29, 1.82) is 0 Å². The van der Waals surface area contributed by atoms with Gasteiger partial charge in [-0.15, -0.1) is 0 Å². The molecule has 0 aliphatic carbocycles. The number of likely N-dealkylation sites (N-methyl/N-ethyl adjacent to an activating group) is 1. The second kappa shape index (κ2) is 8.05. The van der Waals surface area contributed by atoms with Crippen molar-refractivity contribution in [3.63, 3.8) is 0 Å². The maximum absolute atomic E-state index is 11.8. The number of amides is 2. The Morgan fingerprint density at radius 2 is 1.83 bits per heavy atom. The van der Waals surface area contributed by atoms with Crippen LogP contribution in [0.25, 0.3) is 0 Å². The molecule has 0 aromatic carbocycles. The van der Waals surface area contributed by atoms with Crippen LogP contribution in [-0.2, 0) is 9.59 Å². The Balaban J connectivity index is 2.22. The lowest BCUT2D eigenvalue weighted by atomic mass is 10.3. The minimum Gasteiger partial charge on any atom is -0.358 e. The van der Waals surface area contributed by atoms with Crippen LogP contribution in [0.4, 0.5) is 0 Å². The summed E-state index contributed by atoms with van der Waals surface area (Å²) in [6.07, 6.45) is 1.03. The van der Waals surface area contributed by atoms with Crippen molar-refractivity contribution in [2.45, 2.75) is 13.3 Å². The highest BCUT2D eigenvalue weighted by Gasteiger charge is 2.21. The van der Waals surface area contributed by atoms with Gasteiger partial charge in [-0.05, 0) is 13.0 Å². The maximum atomic E-state index is 11.8. The molecule has 1 rings (SSSR count). The first kappa shape index (κ1) is 14.9. The molecule has 1 fully saturated rings. The number of rotatable bonds is 6. The summed E-state index contributed by atoms with van der Waals surface area (Å²) in [6.45, 7) is 6.76. The minimum atomic E-state index is 0.0272. The molecule has 0 saturated carbocycles. The SMILES string of the molecule is CCCNCC(=O)N1CCN(CC(=O)NC)CC1. The van der Waals surface area contributed by atoms with Crippen molar-refractivity contribution in [3.8, 4) is 0 Å². The van der Waals surface area contributed by atoms with Gasteiger partial charge in [0.2, 0.25) is 11.8 Å². The van der Waals surface area contributed by atoms with Crippen LogP contribution in [0.1, 0.15) is 13.3 Å². The average Bonchev–Trinajstić information content (AvgIpc) is 2.39. The van der Waals surface area contributed by atoms with Crippen LogP contribution in [-0.4, -0.2) is 74.5 Å². The molecule has 2 amide bonds. The predicted molar refractivity (Wildman–Crippen MR) is 70.2 cm³/mol. The number of carbonyl (C=O) groups excluding carboxylic acids is 2. The van der Waals surface area contributed by atoms with E-state index >= 15 is 0 Å². The smallest absolute Gasteiger partial charge is 0.236 e. The van der Waals surface area contributed by atoms with Crippen LogP contribution in [0.3, 0.4) is 0 Å². The van der Waals surface area contributed by atoms with Crippen molar-refractivity contribution in [1.82, 2.24) is 20.4 Å². The van der Waals surface area contributed by atoms with Gasteiger partial charge >= 0.3 is 0 Å². The van der Waals surface area contributed by atoms with Gasteiger partial charge < -0.3 is 15.5 Å². The summed E-state index contributed by atoms with van der Waals surface area (Å²) in [5, 5.41) is 5.73. The number of nitrogens with one attached hydrogen (secondary N) is 2. The Hall–Kier alpha value is -1.14. The zero-order chi connectivity index (χ0) is 13.4. The summed E-state index contributed by atoms with van der Waals surface area (Å²) < 4.78 is 0. The molecule has 104 valence electrons. The second-order valence-corrected chi connectivity index (χ2v) is 4.51. The van der Waals surface area contributed by atoms with E-state index in [1.54, 1.807) is 7.05 Å². The van der Waals surface area contributed by atoms with Crippen LogP contribution < -0.4 is 10.6 Å². The van der Waals surface area contributed by atoms with Gasteiger partial charge in [-0.25, -0.2) is 0 Å². The maximum Gasteiger partial charge on any atom is 0.236 e. The fourth-order valence-electron chi connectivity index (χ4n) is 1.92. The summed E-state index contributed by atoms with van der Waals surface area (Å²) in [7, 11) is 1.64. The molecule has 6 nitrogen and oxygen atoms in total. The average molecular weight is 256 g/mol. The van der Waals surface area contributed by atoms with Crippen molar-refractivity contribution < 1.29 is 9.59 Å². The third-order valence-electron chi connectivity index (χ3n) is 3.07. The van der Waals surface area contributed by atoms with Gasteiger partial charge in [-0.3, -0.25) is 14.5 Å².